The van der Waals surface area contributed by atoms with Gasteiger partial charge < -0.3 is 9.64 Å². The number of allylic oxidation sites excluding steroid dienone is 5. The van der Waals surface area contributed by atoms with E-state index in [1.54, 1.807) is 0 Å². The lowest BCUT2D eigenvalue weighted by Gasteiger charge is -2.32. The first-order chi connectivity index (χ1) is 13.6. The van der Waals surface area contributed by atoms with Crippen molar-refractivity contribution >= 4 is 17.3 Å². The van der Waals surface area contributed by atoms with Crippen LogP contribution in [0.5, 0.6) is 5.75 Å². The Morgan fingerprint density at radius 2 is 1.96 bits per heavy atom. The Bertz CT molecular complexity index is 856. The van der Waals surface area contributed by atoms with Gasteiger partial charge in [-0.05, 0) is 28.8 Å². The number of carbonyl (C=O) groups is 1. The largest absolute Gasteiger partial charge is 0.490 e. The van der Waals surface area contributed by atoms with E-state index < -0.39 is 0 Å². The molecule has 1 fully saturated rings. The van der Waals surface area contributed by atoms with Gasteiger partial charge in [-0.1, -0.05) is 37.3 Å². The van der Waals surface area contributed by atoms with Crippen molar-refractivity contribution < 1.29 is 14.5 Å². The predicted octanol–water partition coefficient (Wildman–Crippen LogP) is 1.76. The number of hydrogen-bond donors (Lipinski definition) is 2. The van der Waals surface area contributed by atoms with E-state index in [0.717, 1.165) is 43.9 Å². The number of fused-ring (bicyclic) bond motifs is 1. The summed E-state index contributed by atoms with van der Waals surface area (Å²) in [4.78, 5) is 16.8. The molecule has 0 radical (unpaired) electrons. The Hall–Kier alpha value is -2.82. The molecule has 0 bridgehead atoms. The second-order valence-corrected chi connectivity index (χ2v) is 7.66. The summed E-state index contributed by atoms with van der Waals surface area (Å²) in [7, 11) is 0. The minimum absolute atomic E-state index is 0.182. The lowest BCUT2D eigenvalue weighted by atomic mass is 9.85. The zero-order valence-electron chi connectivity index (χ0n) is 16.4. The molecule has 3 aliphatic rings. The van der Waals surface area contributed by atoms with Gasteiger partial charge in [0.15, 0.2) is 0 Å². The van der Waals surface area contributed by atoms with Crippen molar-refractivity contribution in [3.8, 4) is 5.75 Å². The average molecular weight is 378 g/mol. The van der Waals surface area contributed by atoms with E-state index in [2.05, 4.69) is 35.4 Å². The van der Waals surface area contributed by atoms with Gasteiger partial charge in [0.2, 0.25) is 11.7 Å². The van der Waals surface area contributed by atoms with E-state index in [9.17, 15) is 4.79 Å². The van der Waals surface area contributed by atoms with E-state index in [0.29, 0.717) is 12.3 Å². The van der Waals surface area contributed by atoms with Gasteiger partial charge in [0.05, 0.1) is 12.6 Å². The van der Waals surface area contributed by atoms with Crippen LogP contribution < -0.4 is 15.5 Å². The number of hydrogen-bond acceptors (Lipinski definition) is 3. The Morgan fingerprint density at radius 3 is 2.68 bits per heavy atom. The molecular formula is C23H28N3O2+. The van der Waals surface area contributed by atoms with E-state index >= 15 is 0 Å². The van der Waals surface area contributed by atoms with Crippen LogP contribution in [0.1, 0.15) is 38.2 Å². The maximum Gasteiger partial charge on any atom is 0.245 e. The third kappa shape index (κ3) is 4.03. The fourth-order valence-corrected chi connectivity index (χ4v) is 4.04. The van der Waals surface area contributed by atoms with Gasteiger partial charge in [-0.15, -0.1) is 0 Å². The molecule has 146 valence electrons. The highest BCUT2D eigenvalue weighted by Gasteiger charge is 2.24. The Balaban J connectivity index is 1.36. The zero-order valence-corrected chi connectivity index (χ0v) is 16.4. The molecule has 0 saturated carbocycles. The second-order valence-electron chi connectivity index (χ2n) is 7.66. The normalized spacial score (nSPS) is 22.1. The van der Waals surface area contributed by atoms with Gasteiger partial charge in [-0.25, -0.2) is 0 Å². The smallest absolute Gasteiger partial charge is 0.245 e. The number of rotatable bonds is 4. The number of amides is 1. The fraction of sp³-hybridized carbons (Fsp3) is 0.391. The molecule has 5 heteroatoms. The molecule has 1 aromatic carbocycles. The molecule has 3 N–H and O–H groups in total. The molecule has 28 heavy (non-hydrogen) atoms. The molecule has 1 amide bonds. The lowest BCUT2D eigenvalue weighted by Crippen LogP contribution is -2.71. The van der Waals surface area contributed by atoms with Crippen LogP contribution in [0, 0.1) is 5.92 Å². The lowest BCUT2D eigenvalue weighted by molar-refractivity contribution is -0.379. The van der Waals surface area contributed by atoms with E-state index in [4.69, 9.17) is 10.5 Å². The maximum atomic E-state index is 11.8. The predicted molar refractivity (Wildman–Crippen MR) is 110 cm³/mol. The number of nitrogens with two attached hydrogens (primary N) is 1. The van der Waals surface area contributed by atoms with Crippen LogP contribution in [-0.4, -0.2) is 35.8 Å². The van der Waals surface area contributed by atoms with Gasteiger partial charge in [-0.3, -0.25) is 15.5 Å². The zero-order chi connectivity index (χ0) is 19.5. The third-order valence-corrected chi connectivity index (χ3v) is 5.72. The number of nitrogens with one attached hydrogen (secondary N) is 1. The standard InChI is InChI=1S/C23H27N3O2/c1-2-23(27)26-11-9-21(10-12-26)28-20-7-5-16(6-8-20)17-3-4-18-15-25-22(24)14-19(18)13-17/h3-8,13,15,19,21H,2,9-12,14H2,1H3,(H2,24,25)/p+1. The van der Waals surface area contributed by atoms with Crippen LogP contribution >= 0.6 is 0 Å². The summed E-state index contributed by atoms with van der Waals surface area (Å²) in [6.07, 6.45) is 12.0. The van der Waals surface area contributed by atoms with Crippen molar-refractivity contribution in [3.63, 3.8) is 0 Å². The molecule has 2 heterocycles. The first-order valence-corrected chi connectivity index (χ1v) is 10.1. The number of piperidine rings is 1. The Morgan fingerprint density at radius 1 is 1.21 bits per heavy atom. The number of likely N-dealkylation sites (tertiary alicyclic amines) is 1. The first kappa shape index (κ1) is 18.5. The number of nitrogens with zero attached hydrogens (tertiary/aromatic N) is 1. The van der Waals surface area contributed by atoms with Crippen LogP contribution in [0.15, 0.2) is 54.3 Å². The van der Waals surface area contributed by atoms with Crippen molar-refractivity contribution in [3.05, 3.63) is 59.8 Å². The van der Waals surface area contributed by atoms with E-state index in [-0.39, 0.29) is 12.0 Å². The fourth-order valence-electron chi connectivity index (χ4n) is 4.04. The van der Waals surface area contributed by atoms with E-state index in [1.165, 1.54) is 16.7 Å². The molecule has 1 saturated heterocycles. The molecular weight excluding hydrogens is 350 g/mol. The van der Waals surface area contributed by atoms with Gasteiger partial charge >= 0.3 is 0 Å². The summed E-state index contributed by atoms with van der Waals surface area (Å²) in [5.41, 5.74) is 9.61. The van der Waals surface area contributed by atoms with Crippen molar-refractivity contribution in [2.24, 2.45) is 11.7 Å². The van der Waals surface area contributed by atoms with Crippen molar-refractivity contribution in [1.82, 2.24) is 4.90 Å². The van der Waals surface area contributed by atoms with Crippen molar-refractivity contribution in [2.45, 2.75) is 38.7 Å². The van der Waals surface area contributed by atoms with Gasteiger partial charge in [0.25, 0.3) is 0 Å². The van der Waals surface area contributed by atoms with E-state index in [1.807, 2.05) is 30.2 Å². The Labute approximate surface area is 166 Å². The first-order valence-electron chi connectivity index (χ1n) is 10.1. The number of carbonyl (C=O) groups excluding carboxylic acids is 1. The topological polar surface area (TPSA) is 69.5 Å². The van der Waals surface area contributed by atoms with Crippen molar-refractivity contribution in [1.29, 1.82) is 0 Å². The van der Waals surface area contributed by atoms with Crippen molar-refractivity contribution in [2.75, 3.05) is 13.1 Å². The van der Waals surface area contributed by atoms with Crippen LogP contribution in [0.4, 0.5) is 0 Å². The molecule has 2 aliphatic heterocycles. The average Bonchev–Trinajstić information content (AvgIpc) is 2.73. The summed E-state index contributed by atoms with van der Waals surface area (Å²) in [5, 5.41) is 0. The van der Waals surface area contributed by atoms with Gasteiger partial charge in [0, 0.05) is 38.3 Å². The Kier molecular flexibility index (Phi) is 5.33. The summed E-state index contributed by atoms with van der Waals surface area (Å²) in [5.74, 6) is 2.29. The maximum absolute atomic E-state index is 11.8. The SMILES string of the molecule is CCC(=O)N1CCC(Oc2ccc(C3=CC4CC(N)=[NH+]C=C4C=C3)cc2)CC1. The highest BCUT2D eigenvalue weighted by molar-refractivity contribution is 5.81. The molecule has 1 atom stereocenters. The molecule has 5 nitrogen and oxygen atoms in total. The third-order valence-electron chi connectivity index (χ3n) is 5.72. The number of ether oxygens (including phenoxy) is 1. The van der Waals surface area contributed by atoms with Gasteiger partial charge in [0.1, 0.15) is 11.9 Å². The summed E-state index contributed by atoms with van der Waals surface area (Å²) in [6, 6.07) is 8.32. The molecule has 0 spiro atoms. The summed E-state index contributed by atoms with van der Waals surface area (Å²) >= 11 is 0. The quantitative estimate of drug-likeness (QED) is 0.839. The molecule has 4 rings (SSSR count). The van der Waals surface area contributed by atoms with Crippen LogP contribution in [0.3, 0.4) is 0 Å². The molecule has 1 aromatic rings. The monoisotopic (exact) mass is 378 g/mol. The van der Waals surface area contributed by atoms with Crippen LogP contribution in [0.2, 0.25) is 0 Å². The summed E-state index contributed by atoms with van der Waals surface area (Å²) < 4.78 is 6.15. The minimum atomic E-state index is 0.182. The highest BCUT2D eigenvalue weighted by atomic mass is 16.5. The second kappa shape index (κ2) is 8.05. The highest BCUT2D eigenvalue weighted by Crippen LogP contribution is 2.31. The molecule has 0 aromatic heterocycles. The molecule has 1 aliphatic carbocycles. The number of amidine groups is 1. The van der Waals surface area contributed by atoms with Crippen LogP contribution in [0.25, 0.3) is 5.57 Å². The number of benzene rings is 1. The minimum Gasteiger partial charge on any atom is -0.490 e. The molecule has 1 unspecified atom stereocenters. The van der Waals surface area contributed by atoms with Gasteiger partial charge in [-0.2, -0.15) is 0 Å². The van der Waals surface area contributed by atoms with Crippen LogP contribution in [-0.2, 0) is 4.79 Å². The summed E-state index contributed by atoms with van der Waals surface area (Å²) in [6.45, 7) is 3.50.